The van der Waals surface area contributed by atoms with Crippen LogP contribution >= 0.6 is 11.3 Å². The Kier molecular flexibility index (Phi) is 4.79. The standard InChI is InChI=1S/C17H14N8O4S/c1-7-13(20-23-17-22-18-8(2)30-17)14-21-19-12(25(14)24-7)5-9-3-10(15(26)27)6-11(4-9)16(28)29/h3-4,6,21H,5H2,1-2H3,(H,26,27)(H,28,29). The molecule has 0 aliphatic carbocycles. The zero-order chi connectivity index (χ0) is 21.4. The molecule has 0 atom stereocenters. The van der Waals surface area contributed by atoms with Crippen molar-refractivity contribution in [2.75, 3.05) is 0 Å². The normalized spacial score (nSPS) is 11.5. The molecule has 0 bridgehead atoms. The van der Waals surface area contributed by atoms with Crippen LogP contribution in [-0.4, -0.2) is 52.2 Å². The van der Waals surface area contributed by atoms with Gasteiger partial charge in [0.1, 0.15) is 5.01 Å². The molecule has 3 N–H and O–H groups in total. The molecule has 0 saturated carbocycles. The molecular weight excluding hydrogens is 412 g/mol. The smallest absolute Gasteiger partial charge is 0.335 e. The summed E-state index contributed by atoms with van der Waals surface area (Å²) in [6, 6.07) is 3.92. The molecule has 13 heteroatoms. The van der Waals surface area contributed by atoms with Crippen LogP contribution in [-0.2, 0) is 6.42 Å². The number of carbonyl (C=O) groups is 2. The number of aromatic amines is 1. The van der Waals surface area contributed by atoms with Gasteiger partial charge in [0.05, 0.1) is 16.8 Å². The van der Waals surface area contributed by atoms with Gasteiger partial charge in [0.2, 0.25) is 0 Å². The molecule has 4 rings (SSSR count). The second-order valence-corrected chi connectivity index (χ2v) is 7.50. The summed E-state index contributed by atoms with van der Waals surface area (Å²) >= 11 is 1.30. The highest BCUT2D eigenvalue weighted by Crippen LogP contribution is 2.28. The summed E-state index contributed by atoms with van der Waals surface area (Å²) in [6.45, 7) is 3.58. The number of rotatable bonds is 6. The van der Waals surface area contributed by atoms with Crippen LogP contribution in [0.15, 0.2) is 28.4 Å². The molecule has 1 aromatic carbocycles. The van der Waals surface area contributed by atoms with Crippen LogP contribution < -0.4 is 0 Å². The van der Waals surface area contributed by atoms with Crippen molar-refractivity contribution in [1.82, 2.24) is 30.0 Å². The predicted octanol–water partition coefficient (Wildman–Crippen LogP) is 2.93. The molecule has 0 radical (unpaired) electrons. The van der Waals surface area contributed by atoms with E-state index in [2.05, 4.69) is 35.7 Å². The zero-order valence-electron chi connectivity index (χ0n) is 15.7. The number of carboxylic acids is 2. The van der Waals surface area contributed by atoms with Gasteiger partial charge < -0.3 is 10.2 Å². The number of aryl methyl sites for hydroxylation is 2. The molecule has 0 saturated heterocycles. The van der Waals surface area contributed by atoms with Gasteiger partial charge in [0.15, 0.2) is 17.2 Å². The predicted molar refractivity (Wildman–Crippen MR) is 104 cm³/mol. The second kappa shape index (κ2) is 7.44. The fraction of sp³-hybridized carbons (Fsp3) is 0.176. The number of carboxylic acid groups (broad SMARTS) is 2. The Hall–Kier alpha value is -4.00. The van der Waals surface area contributed by atoms with Crippen molar-refractivity contribution in [3.8, 4) is 0 Å². The van der Waals surface area contributed by atoms with Gasteiger partial charge in [-0.1, -0.05) is 11.3 Å². The van der Waals surface area contributed by atoms with Gasteiger partial charge in [-0.3, -0.25) is 5.10 Å². The fourth-order valence-corrected chi connectivity index (χ4v) is 3.36. The van der Waals surface area contributed by atoms with E-state index in [9.17, 15) is 19.8 Å². The molecule has 0 amide bonds. The molecule has 30 heavy (non-hydrogen) atoms. The first-order valence-electron chi connectivity index (χ1n) is 8.57. The molecule has 0 aliphatic rings. The van der Waals surface area contributed by atoms with E-state index < -0.39 is 11.9 Å². The number of benzene rings is 1. The minimum atomic E-state index is -1.21. The van der Waals surface area contributed by atoms with Gasteiger partial charge in [-0.2, -0.15) is 14.7 Å². The molecule has 0 aliphatic heterocycles. The minimum Gasteiger partial charge on any atom is -0.478 e. The van der Waals surface area contributed by atoms with Crippen LogP contribution in [0.4, 0.5) is 10.8 Å². The Morgan fingerprint density at radius 2 is 1.80 bits per heavy atom. The number of aromatic carboxylic acids is 2. The largest absolute Gasteiger partial charge is 0.478 e. The highest BCUT2D eigenvalue weighted by Gasteiger charge is 2.18. The summed E-state index contributed by atoms with van der Waals surface area (Å²) in [5.41, 5.74) is 1.82. The van der Waals surface area contributed by atoms with Crippen molar-refractivity contribution in [2.45, 2.75) is 20.3 Å². The molecule has 12 nitrogen and oxygen atoms in total. The van der Waals surface area contributed by atoms with Gasteiger partial charge in [-0.05, 0) is 37.6 Å². The Labute approximate surface area is 171 Å². The van der Waals surface area contributed by atoms with E-state index in [1.54, 1.807) is 6.92 Å². The quantitative estimate of drug-likeness (QED) is 0.395. The van der Waals surface area contributed by atoms with E-state index in [0.29, 0.717) is 33.5 Å². The first kappa shape index (κ1) is 19.3. The lowest BCUT2D eigenvalue weighted by atomic mass is 10.0. The van der Waals surface area contributed by atoms with Crippen LogP contribution in [0.2, 0.25) is 0 Å². The van der Waals surface area contributed by atoms with E-state index in [1.807, 2.05) is 6.92 Å². The monoisotopic (exact) mass is 426 g/mol. The number of nitrogens with zero attached hydrogens (tertiary/aromatic N) is 7. The van der Waals surface area contributed by atoms with Crippen molar-refractivity contribution in [1.29, 1.82) is 0 Å². The van der Waals surface area contributed by atoms with E-state index >= 15 is 0 Å². The van der Waals surface area contributed by atoms with Gasteiger partial charge in [-0.15, -0.1) is 20.4 Å². The average Bonchev–Trinajstić information content (AvgIpc) is 3.36. The summed E-state index contributed by atoms with van der Waals surface area (Å²) in [7, 11) is 0. The van der Waals surface area contributed by atoms with E-state index in [0.717, 1.165) is 11.1 Å². The van der Waals surface area contributed by atoms with Gasteiger partial charge in [-0.25, -0.2) is 9.59 Å². The highest BCUT2D eigenvalue weighted by molar-refractivity contribution is 7.14. The third-order valence-corrected chi connectivity index (χ3v) is 4.89. The van der Waals surface area contributed by atoms with Crippen LogP contribution in [0.1, 0.15) is 42.8 Å². The number of aromatic nitrogens is 6. The van der Waals surface area contributed by atoms with Gasteiger partial charge in [0, 0.05) is 6.42 Å². The number of azo groups is 1. The Morgan fingerprint density at radius 3 is 2.40 bits per heavy atom. The number of hydrogen-bond acceptors (Lipinski definition) is 9. The van der Waals surface area contributed by atoms with Crippen LogP contribution in [0, 0.1) is 13.8 Å². The molecule has 0 spiro atoms. The Morgan fingerprint density at radius 1 is 1.10 bits per heavy atom. The van der Waals surface area contributed by atoms with Crippen molar-refractivity contribution in [3.63, 3.8) is 0 Å². The molecule has 0 fully saturated rings. The lowest BCUT2D eigenvalue weighted by molar-refractivity contribution is 0.0696. The molecule has 3 heterocycles. The fourth-order valence-electron chi connectivity index (χ4n) is 2.85. The highest BCUT2D eigenvalue weighted by atomic mass is 32.1. The first-order valence-corrected chi connectivity index (χ1v) is 9.38. The summed E-state index contributed by atoms with van der Waals surface area (Å²) in [4.78, 5) is 22.6. The molecule has 0 unspecified atom stereocenters. The lowest BCUT2D eigenvalue weighted by Crippen LogP contribution is -2.06. The Bertz CT molecular complexity index is 1290. The van der Waals surface area contributed by atoms with Crippen molar-refractivity contribution in [2.24, 2.45) is 10.2 Å². The van der Waals surface area contributed by atoms with E-state index in [4.69, 9.17) is 0 Å². The summed E-state index contributed by atoms with van der Waals surface area (Å²) < 4.78 is 1.53. The van der Waals surface area contributed by atoms with Gasteiger partial charge >= 0.3 is 11.9 Å². The van der Waals surface area contributed by atoms with Crippen LogP contribution in [0.3, 0.4) is 0 Å². The Balaban J connectivity index is 1.69. The number of H-pyrrole nitrogens is 1. The molecule has 3 aromatic heterocycles. The SMILES string of the molecule is Cc1nnc(N=Nc2c(C)nn3c(Cc4cc(C(=O)O)cc(C(=O)O)c4)n[nH]c23)s1. The number of nitrogens with one attached hydrogen (secondary N) is 1. The topological polar surface area (TPSA) is 171 Å². The molecular formula is C17H14N8O4S. The maximum atomic E-state index is 11.3. The van der Waals surface area contributed by atoms with E-state index in [1.165, 1.54) is 28.0 Å². The zero-order valence-corrected chi connectivity index (χ0v) is 16.5. The average molecular weight is 426 g/mol. The third-order valence-electron chi connectivity index (χ3n) is 4.16. The molecule has 4 aromatic rings. The third kappa shape index (κ3) is 3.65. The summed E-state index contributed by atoms with van der Waals surface area (Å²) in [5.74, 6) is -1.97. The van der Waals surface area contributed by atoms with Crippen molar-refractivity contribution in [3.05, 3.63) is 51.4 Å². The maximum absolute atomic E-state index is 11.3. The van der Waals surface area contributed by atoms with Gasteiger partial charge in [0.25, 0.3) is 5.13 Å². The molecule has 152 valence electrons. The van der Waals surface area contributed by atoms with Crippen molar-refractivity contribution >= 4 is 39.7 Å². The van der Waals surface area contributed by atoms with Crippen LogP contribution in [0.25, 0.3) is 5.65 Å². The summed E-state index contributed by atoms with van der Waals surface area (Å²) in [6.07, 6.45) is 0.161. The maximum Gasteiger partial charge on any atom is 0.335 e. The number of fused-ring (bicyclic) bond motifs is 1. The second-order valence-electron chi connectivity index (χ2n) is 6.34. The summed E-state index contributed by atoms with van der Waals surface area (Å²) in [5, 5.41) is 47.2. The van der Waals surface area contributed by atoms with Crippen LogP contribution in [0.5, 0.6) is 0 Å². The lowest BCUT2D eigenvalue weighted by Gasteiger charge is -2.04. The number of hydrogen-bond donors (Lipinski definition) is 3. The van der Waals surface area contributed by atoms with E-state index in [-0.39, 0.29) is 17.5 Å². The first-order chi connectivity index (χ1) is 14.3. The van der Waals surface area contributed by atoms with Crippen molar-refractivity contribution < 1.29 is 19.8 Å². The minimum absolute atomic E-state index is 0.116.